The molecule has 0 N–H and O–H groups in total. The highest BCUT2D eigenvalue weighted by Crippen LogP contribution is 2.22. The van der Waals surface area contributed by atoms with Gasteiger partial charge in [-0.1, -0.05) is 19.1 Å². The van der Waals surface area contributed by atoms with Crippen molar-refractivity contribution in [2.24, 2.45) is 0 Å². The van der Waals surface area contributed by atoms with Gasteiger partial charge in [0.25, 0.3) is 5.16 Å². The Morgan fingerprint density at radius 1 is 1.12 bits per heavy atom. The van der Waals surface area contributed by atoms with Crippen molar-refractivity contribution in [3.05, 3.63) is 36.4 Å². The maximum absolute atomic E-state index is 13.0. The van der Waals surface area contributed by atoms with Crippen molar-refractivity contribution in [3.8, 4) is 0 Å². The summed E-state index contributed by atoms with van der Waals surface area (Å²) in [7, 11) is -5.54. The average molecular weight is 384 g/mol. The molecule has 3 aromatic rings. The topological polar surface area (TPSA) is 120 Å². The molecule has 10 nitrogen and oxygen atoms in total. The largest absolute Gasteiger partial charge is 0.323 e. The number of aromatic nitrogens is 5. The number of rotatable bonds is 5. The second-order valence-electron chi connectivity index (χ2n) is 5.33. The molecule has 0 fully saturated rings. The Morgan fingerprint density at radius 3 is 2.44 bits per heavy atom. The van der Waals surface area contributed by atoms with Crippen molar-refractivity contribution in [2.45, 2.75) is 18.5 Å². The summed E-state index contributed by atoms with van der Waals surface area (Å²) < 4.78 is 52.6. The molecule has 0 aliphatic carbocycles. The lowest BCUT2D eigenvalue weighted by Crippen LogP contribution is -2.29. The number of hydrogen-bond acceptors (Lipinski definition) is 7. The van der Waals surface area contributed by atoms with E-state index in [2.05, 4.69) is 15.1 Å². The molecule has 0 amide bonds. The summed E-state index contributed by atoms with van der Waals surface area (Å²) in [4.78, 5) is 7.99. The van der Waals surface area contributed by atoms with Gasteiger partial charge in [-0.2, -0.15) is 21.1 Å². The van der Waals surface area contributed by atoms with E-state index in [1.165, 1.54) is 14.1 Å². The first-order valence-electron chi connectivity index (χ1n) is 7.26. The Morgan fingerprint density at radius 2 is 1.80 bits per heavy atom. The highest BCUT2D eigenvalue weighted by atomic mass is 32.2. The summed E-state index contributed by atoms with van der Waals surface area (Å²) in [6.07, 6.45) is 1.22. The van der Waals surface area contributed by atoms with E-state index >= 15 is 0 Å². The molecule has 12 heteroatoms. The van der Waals surface area contributed by atoms with E-state index in [-0.39, 0.29) is 0 Å². The molecule has 0 saturated carbocycles. The third kappa shape index (κ3) is 2.71. The normalized spacial score (nSPS) is 13.0. The molecular formula is C13H16N6O4S2. The number of nitrogens with zero attached hydrogens (tertiary/aromatic N) is 6. The Hall–Kier alpha value is -2.31. The quantitative estimate of drug-likeness (QED) is 0.611. The zero-order valence-electron chi connectivity index (χ0n) is 13.7. The number of hydrogen-bond donors (Lipinski definition) is 0. The number of benzene rings is 1. The van der Waals surface area contributed by atoms with E-state index in [9.17, 15) is 16.8 Å². The molecule has 3 rings (SSSR count). The summed E-state index contributed by atoms with van der Waals surface area (Å²) >= 11 is 0. The van der Waals surface area contributed by atoms with E-state index < -0.39 is 25.4 Å². The van der Waals surface area contributed by atoms with Gasteiger partial charge < -0.3 is 0 Å². The Kier molecular flexibility index (Phi) is 4.13. The molecule has 25 heavy (non-hydrogen) atoms. The summed E-state index contributed by atoms with van der Waals surface area (Å²) in [6, 6.07) is 6.76. The molecular weight excluding hydrogens is 368 g/mol. The van der Waals surface area contributed by atoms with Gasteiger partial charge in [-0.25, -0.2) is 13.9 Å². The fourth-order valence-corrected chi connectivity index (χ4v) is 4.39. The monoisotopic (exact) mass is 384 g/mol. The summed E-state index contributed by atoms with van der Waals surface area (Å²) in [5, 5.41) is 3.04. The standard InChI is InChI=1S/C13H16N6O4S2/c1-4-12-15-10-7-5-6-8-11(10)19(12)24(20,21)13-14-9-18(16-13)25(22,23)17(2)3/h5-9H,4H2,1-3H3. The highest BCUT2D eigenvalue weighted by molar-refractivity contribution is 7.90. The molecule has 2 heterocycles. The van der Waals surface area contributed by atoms with Crippen LogP contribution in [0.3, 0.4) is 0 Å². The first-order valence-corrected chi connectivity index (χ1v) is 10.1. The van der Waals surface area contributed by atoms with Crippen LogP contribution in [0, 0.1) is 0 Å². The molecule has 2 aromatic heterocycles. The van der Waals surface area contributed by atoms with Crippen molar-refractivity contribution in [2.75, 3.05) is 14.1 Å². The maximum Gasteiger partial charge on any atom is 0.323 e. The minimum Gasteiger partial charge on any atom is -0.232 e. The summed E-state index contributed by atoms with van der Waals surface area (Å²) in [6.45, 7) is 1.77. The molecule has 0 saturated heterocycles. The van der Waals surface area contributed by atoms with Crippen molar-refractivity contribution >= 4 is 31.3 Å². The smallest absolute Gasteiger partial charge is 0.232 e. The van der Waals surface area contributed by atoms with Gasteiger partial charge in [-0.15, -0.1) is 9.19 Å². The van der Waals surface area contributed by atoms with Gasteiger partial charge in [0.05, 0.1) is 11.0 Å². The van der Waals surface area contributed by atoms with Crippen LogP contribution < -0.4 is 0 Å². The Balaban J connectivity index is 2.21. The average Bonchev–Trinajstić information content (AvgIpc) is 3.20. The van der Waals surface area contributed by atoms with E-state index in [1.54, 1.807) is 31.2 Å². The lowest BCUT2D eigenvalue weighted by atomic mass is 10.3. The Labute approximate surface area is 145 Å². The highest BCUT2D eigenvalue weighted by Gasteiger charge is 2.29. The first kappa shape index (κ1) is 17.5. The van der Waals surface area contributed by atoms with Crippen LogP contribution in [0.2, 0.25) is 0 Å². The summed E-state index contributed by atoms with van der Waals surface area (Å²) in [5.41, 5.74) is 0.898. The predicted octanol–water partition coefficient (Wildman–Crippen LogP) is 0.0817. The SMILES string of the molecule is CCc1nc2ccccc2n1S(=O)(=O)c1ncn(S(=O)(=O)N(C)C)n1. The third-order valence-corrected chi connectivity index (χ3v) is 6.63. The number of fused-ring (bicyclic) bond motifs is 1. The van der Waals surface area contributed by atoms with E-state index in [4.69, 9.17) is 0 Å². The molecule has 134 valence electrons. The zero-order valence-corrected chi connectivity index (χ0v) is 15.4. The van der Waals surface area contributed by atoms with Crippen LogP contribution >= 0.6 is 0 Å². The van der Waals surface area contributed by atoms with Crippen LogP contribution in [0.4, 0.5) is 0 Å². The van der Waals surface area contributed by atoms with Crippen molar-refractivity contribution in [1.82, 2.24) is 27.4 Å². The molecule has 0 radical (unpaired) electrons. The second kappa shape index (κ2) is 5.89. The van der Waals surface area contributed by atoms with Gasteiger partial charge in [0.1, 0.15) is 12.2 Å². The summed E-state index contributed by atoms with van der Waals surface area (Å²) in [5.74, 6) is 0.313. The van der Waals surface area contributed by atoms with Crippen LogP contribution in [-0.4, -0.2) is 58.4 Å². The van der Waals surface area contributed by atoms with Crippen molar-refractivity contribution in [1.29, 1.82) is 0 Å². The molecule has 0 bridgehead atoms. The van der Waals surface area contributed by atoms with Gasteiger partial charge in [0.15, 0.2) is 0 Å². The van der Waals surface area contributed by atoms with Crippen LogP contribution in [0.25, 0.3) is 11.0 Å². The number of imidazole rings is 1. The molecule has 0 spiro atoms. The van der Waals surface area contributed by atoms with Gasteiger partial charge >= 0.3 is 20.2 Å². The van der Waals surface area contributed by atoms with Crippen LogP contribution in [-0.2, 0) is 26.7 Å². The number of para-hydroxylation sites is 2. The minimum atomic E-state index is -4.20. The number of aryl methyl sites for hydroxylation is 1. The van der Waals surface area contributed by atoms with Crippen molar-refractivity contribution < 1.29 is 16.8 Å². The van der Waals surface area contributed by atoms with E-state index in [0.717, 1.165) is 14.6 Å². The van der Waals surface area contributed by atoms with Crippen LogP contribution in [0.1, 0.15) is 12.7 Å². The van der Waals surface area contributed by atoms with Gasteiger partial charge in [0, 0.05) is 20.5 Å². The second-order valence-corrected chi connectivity index (χ2v) is 9.01. The molecule has 0 aliphatic rings. The molecule has 1 aromatic carbocycles. The molecule has 0 unspecified atom stereocenters. The fourth-order valence-electron chi connectivity index (χ4n) is 2.26. The Bertz CT molecular complexity index is 1140. The van der Waals surface area contributed by atoms with E-state index in [1.807, 2.05) is 0 Å². The van der Waals surface area contributed by atoms with Gasteiger partial charge in [0.2, 0.25) is 0 Å². The van der Waals surface area contributed by atoms with Gasteiger partial charge in [-0.3, -0.25) is 0 Å². The third-order valence-electron chi connectivity index (χ3n) is 3.52. The lowest BCUT2D eigenvalue weighted by Gasteiger charge is -2.09. The maximum atomic E-state index is 13.0. The molecule has 0 atom stereocenters. The predicted molar refractivity (Wildman–Crippen MR) is 89.7 cm³/mol. The van der Waals surface area contributed by atoms with Crippen LogP contribution in [0.5, 0.6) is 0 Å². The molecule has 0 aliphatic heterocycles. The first-order chi connectivity index (χ1) is 11.7. The minimum absolute atomic E-state index is 0.313. The zero-order chi connectivity index (χ0) is 18.4. The van der Waals surface area contributed by atoms with Crippen molar-refractivity contribution in [3.63, 3.8) is 0 Å². The lowest BCUT2D eigenvalue weighted by molar-refractivity contribution is 0.502. The van der Waals surface area contributed by atoms with Gasteiger partial charge in [-0.05, 0) is 12.1 Å². The van der Waals surface area contributed by atoms with Crippen LogP contribution in [0.15, 0.2) is 35.7 Å². The fraction of sp³-hybridized carbons (Fsp3) is 0.308. The van der Waals surface area contributed by atoms with E-state index in [0.29, 0.717) is 27.4 Å².